The van der Waals surface area contributed by atoms with Gasteiger partial charge in [0.25, 0.3) is 5.56 Å². The summed E-state index contributed by atoms with van der Waals surface area (Å²) in [7, 11) is 1.57. The Morgan fingerprint density at radius 1 is 1.07 bits per heavy atom. The molecular formula is C35H27ClN2O7S. The first-order chi connectivity index (χ1) is 22.2. The summed E-state index contributed by atoms with van der Waals surface area (Å²) in [6, 6.07) is 21.9. The number of aromatic carboxylic acids is 1. The maximum Gasteiger partial charge on any atom is 0.338 e. The highest BCUT2D eigenvalue weighted by molar-refractivity contribution is 7.07. The van der Waals surface area contributed by atoms with Gasteiger partial charge in [0.1, 0.15) is 17.3 Å². The summed E-state index contributed by atoms with van der Waals surface area (Å²) in [6.45, 7) is 3.78. The van der Waals surface area contributed by atoms with Crippen molar-refractivity contribution in [2.24, 2.45) is 4.99 Å². The summed E-state index contributed by atoms with van der Waals surface area (Å²) in [5.41, 5.74) is 2.98. The first-order valence-electron chi connectivity index (χ1n) is 14.3. The van der Waals surface area contributed by atoms with E-state index in [4.69, 9.17) is 30.5 Å². The minimum Gasteiger partial charge on any atom is -0.496 e. The molecule has 0 aliphatic carbocycles. The average Bonchev–Trinajstić information content (AvgIpc) is 3.65. The van der Waals surface area contributed by atoms with Gasteiger partial charge in [0.05, 0.1) is 46.1 Å². The van der Waals surface area contributed by atoms with E-state index < -0.39 is 18.0 Å². The molecule has 0 bridgehead atoms. The van der Waals surface area contributed by atoms with E-state index in [0.29, 0.717) is 49.0 Å². The first-order valence-corrected chi connectivity index (χ1v) is 15.5. The molecule has 0 fully saturated rings. The van der Waals surface area contributed by atoms with E-state index in [0.717, 1.165) is 16.9 Å². The first kappa shape index (κ1) is 30.8. The number of methoxy groups -OCH3 is 1. The van der Waals surface area contributed by atoms with Gasteiger partial charge in [-0.05, 0) is 61.4 Å². The van der Waals surface area contributed by atoms with Gasteiger partial charge in [0.2, 0.25) is 0 Å². The van der Waals surface area contributed by atoms with E-state index in [1.807, 2.05) is 55.5 Å². The van der Waals surface area contributed by atoms with Gasteiger partial charge in [-0.3, -0.25) is 9.36 Å². The van der Waals surface area contributed by atoms with Gasteiger partial charge in [-0.2, -0.15) is 0 Å². The molecule has 9 nitrogen and oxygen atoms in total. The van der Waals surface area contributed by atoms with Crippen LogP contribution < -0.4 is 19.6 Å². The molecule has 0 radical (unpaired) electrons. The van der Waals surface area contributed by atoms with Crippen molar-refractivity contribution in [3.8, 4) is 17.1 Å². The van der Waals surface area contributed by atoms with Crippen molar-refractivity contribution in [1.82, 2.24) is 4.57 Å². The number of ether oxygens (including phenoxy) is 2. The lowest BCUT2D eigenvalue weighted by molar-refractivity contribution is -0.138. The molecule has 0 saturated heterocycles. The number of aryl methyl sites for hydroxylation is 1. The second-order valence-electron chi connectivity index (χ2n) is 10.4. The molecule has 3 aromatic carbocycles. The highest BCUT2D eigenvalue weighted by Gasteiger charge is 2.35. The number of nitrogens with zero attached hydrogens (tertiary/aromatic N) is 2. The van der Waals surface area contributed by atoms with Gasteiger partial charge in [-0.15, -0.1) is 0 Å². The zero-order chi connectivity index (χ0) is 32.5. The number of carbonyl (C=O) groups is 2. The molecule has 5 aromatic rings. The number of hydrogen-bond donors (Lipinski definition) is 1. The summed E-state index contributed by atoms with van der Waals surface area (Å²) in [5.74, 6) is -0.356. The second-order valence-corrected chi connectivity index (χ2v) is 11.8. The van der Waals surface area contributed by atoms with Crippen molar-refractivity contribution >= 4 is 46.6 Å². The Labute approximate surface area is 271 Å². The Kier molecular flexibility index (Phi) is 8.48. The molecule has 6 rings (SSSR count). The molecule has 1 aliphatic heterocycles. The topological polar surface area (TPSA) is 120 Å². The summed E-state index contributed by atoms with van der Waals surface area (Å²) in [5, 5.41) is 9.58. The van der Waals surface area contributed by atoms with E-state index in [9.17, 15) is 19.5 Å². The molecule has 3 heterocycles. The largest absolute Gasteiger partial charge is 0.496 e. The lowest BCUT2D eigenvalue weighted by Crippen LogP contribution is -2.40. The van der Waals surface area contributed by atoms with Crippen molar-refractivity contribution in [3.63, 3.8) is 0 Å². The predicted molar refractivity (Wildman–Crippen MR) is 175 cm³/mol. The number of benzene rings is 3. The summed E-state index contributed by atoms with van der Waals surface area (Å²) in [6.07, 6.45) is 1.60. The third kappa shape index (κ3) is 5.68. The molecule has 0 spiro atoms. The van der Waals surface area contributed by atoms with Crippen LogP contribution in [0.15, 0.2) is 98.6 Å². The second kappa shape index (κ2) is 12.7. The lowest BCUT2D eigenvalue weighted by Gasteiger charge is -2.26. The van der Waals surface area contributed by atoms with Crippen LogP contribution >= 0.6 is 22.9 Å². The van der Waals surface area contributed by atoms with E-state index in [2.05, 4.69) is 0 Å². The number of furan rings is 1. The van der Waals surface area contributed by atoms with Gasteiger partial charge < -0.3 is 19.0 Å². The fraction of sp³-hybridized carbons (Fsp3) is 0.143. The van der Waals surface area contributed by atoms with E-state index in [1.54, 1.807) is 38.3 Å². The summed E-state index contributed by atoms with van der Waals surface area (Å²) in [4.78, 5) is 44.7. The molecule has 46 heavy (non-hydrogen) atoms. The number of carboxylic acid groups (broad SMARTS) is 1. The van der Waals surface area contributed by atoms with Crippen LogP contribution in [0.4, 0.5) is 0 Å². The van der Waals surface area contributed by atoms with Crippen molar-refractivity contribution in [1.29, 1.82) is 0 Å². The van der Waals surface area contributed by atoms with Crippen molar-refractivity contribution in [3.05, 3.63) is 137 Å². The molecule has 0 amide bonds. The molecule has 0 unspecified atom stereocenters. The molecule has 2 aromatic heterocycles. The SMILES string of the molecule is CCOC(=O)C1=C(c2ccccc2)N=c2s/c(=C/c3ccc(-c4ccc(Cl)c(C(=O)O)c4)o3)c(=O)n2[C@@H]1c1ccc(C)c(OC)c1. The Balaban J connectivity index is 1.55. The van der Waals surface area contributed by atoms with Crippen LogP contribution in [-0.2, 0) is 9.53 Å². The summed E-state index contributed by atoms with van der Waals surface area (Å²) < 4.78 is 19.0. The molecule has 232 valence electrons. The quantitative estimate of drug-likeness (QED) is 0.208. The Bertz CT molecular complexity index is 2210. The van der Waals surface area contributed by atoms with E-state index >= 15 is 0 Å². The van der Waals surface area contributed by atoms with Crippen LogP contribution in [0.3, 0.4) is 0 Å². The van der Waals surface area contributed by atoms with Gasteiger partial charge in [0, 0.05) is 17.2 Å². The summed E-state index contributed by atoms with van der Waals surface area (Å²) >= 11 is 7.20. The number of esters is 1. The van der Waals surface area contributed by atoms with Crippen LogP contribution in [-0.4, -0.2) is 35.3 Å². The number of fused-ring (bicyclic) bond motifs is 1. The number of carboxylic acids is 1. The fourth-order valence-electron chi connectivity index (χ4n) is 5.32. The van der Waals surface area contributed by atoms with Crippen LogP contribution in [0.2, 0.25) is 5.02 Å². The van der Waals surface area contributed by atoms with Gasteiger partial charge in [-0.1, -0.05) is 65.4 Å². The molecule has 1 aliphatic rings. The lowest BCUT2D eigenvalue weighted by atomic mass is 9.92. The predicted octanol–water partition coefficient (Wildman–Crippen LogP) is 5.86. The van der Waals surface area contributed by atoms with Crippen LogP contribution in [0.25, 0.3) is 23.1 Å². The highest BCUT2D eigenvalue weighted by Crippen LogP contribution is 2.37. The maximum atomic E-state index is 14.2. The standard InChI is InChI=1S/C35H27ClN2O7S/c1-4-44-34(42)29-30(20-8-6-5-7-9-20)37-35-38(31(29)22-11-10-19(2)27(17-22)43-3)32(39)28(46-35)18-23-13-15-26(45-23)21-12-14-25(36)24(16-21)33(40)41/h5-18,31H,4H2,1-3H3,(H,40,41)/b28-18+/t31-/m1/s1. The van der Waals surface area contributed by atoms with Crippen molar-refractivity contribution < 1.29 is 28.6 Å². The van der Waals surface area contributed by atoms with Gasteiger partial charge >= 0.3 is 11.9 Å². The number of carbonyl (C=O) groups excluding carboxylic acids is 1. The molecule has 0 saturated carbocycles. The number of aromatic nitrogens is 1. The van der Waals surface area contributed by atoms with Gasteiger partial charge in [0.15, 0.2) is 4.80 Å². The number of thiazole rings is 1. The monoisotopic (exact) mass is 654 g/mol. The zero-order valence-electron chi connectivity index (χ0n) is 24.9. The Hall–Kier alpha value is -5.19. The van der Waals surface area contributed by atoms with Crippen molar-refractivity contribution in [2.45, 2.75) is 19.9 Å². The third-order valence-electron chi connectivity index (χ3n) is 7.50. The smallest absolute Gasteiger partial charge is 0.338 e. The van der Waals surface area contributed by atoms with E-state index in [1.165, 1.54) is 16.7 Å². The average molecular weight is 655 g/mol. The van der Waals surface area contributed by atoms with Crippen LogP contribution in [0, 0.1) is 6.92 Å². The Morgan fingerprint density at radius 2 is 1.85 bits per heavy atom. The molecular weight excluding hydrogens is 628 g/mol. The molecule has 1 N–H and O–H groups in total. The van der Waals surface area contributed by atoms with Crippen molar-refractivity contribution in [2.75, 3.05) is 13.7 Å². The molecule has 1 atom stereocenters. The Morgan fingerprint density at radius 3 is 2.57 bits per heavy atom. The number of halogens is 1. The highest BCUT2D eigenvalue weighted by atomic mass is 35.5. The number of hydrogen-bond acceptors (Lipinski definition) is 8. The van der Waals surface area contributed by atoms with Crippen LogP contribution in [0.5, 0.6) is 5.75 Å². The zero-order valence-corrected chi connectivity index (χ0v) is 26.5. The van der Waals surface area contributed by atoms with Crippen LogP contribution in [0.1, 0.15) is 45.8 Å². The fourth-order valence-corrected chi connectivity index (χ4v) is 6.50. The van der Waals surface area contributed by atoms with E-state index in [-0.39, 0.29) is 28.3 Å². The normalized spacial score (nSPS) is 14.5. The minimum atomic E-state index is -1.16. The number of rotatable bonds is 8. The van der Waals surface area contributed by atoms with Gasteiger partial charge in [-0.25, -0.2) is 14.6 Å². The minimum absolute atomic E-state index is 0.0511. The maximum absolute atomic E-state index is 14.2. The molecule has 11 heteroatoms. The third-order valence-corrected chi connectivity index (χ3v) is 8.82.